The summed E-state index contributed by atoms with van der Waals surface area (Å²) in [6.07, 6.45) is -4.57. The van der Waals surface area contributed by atoms with Gasteiger partial charge in [-0.1, -0.05) is 34.6 Å². The molecule has 8 rings (SSSR count). The van der Waals surface area contributed by atoms with Gasteiger partial charge in [0.25, 0.3) is 7.82 Å². The quantitative estimate of drug-likeness (QED) is 0.0478. The minimum absolute atomic E-state index is 0. The number of aromatic nitrogens is 2. The summed E-state index contributed by atoms with van der Waals surface area (Å²) in [5.74, 6) is -7.24. The van der Waals surface area contributed by atoms with Crippen LogP contribution in [-0.4, -0.2) is 127 Å². The molecule has 2 saturated heterocycles. The predicted molar refractivity (Wildman–Crippen MR) is 336 cm³/mol. The van der Waals surface area contributed by atoms with Crippen molar-refractivity contribution in [2.24, 2.45) is 94.7 Å². The number of phosphoric acid groups is 1. The second kappa shape index (κ2) is 28.5. The number of fused-ring (bicyclic) bond motifs is 7. The van der Waals surface area contributed by atoms with Crippen LogP contribution in [0.2, 0.25) is 0 Å². The van der Waals surface area contributed by atoms with Crippen LogP contribution in [0, 0.1) is 71.0 Å². The molecular formula is C63H89CoN14O14P. The summed E-state index contributed by atoms with van der Waals surface area (Å²) < 4.78 is 31.9. The molecule has 1 aromatic heterocycles. The summed E-state index contributed by atoms with van der Waals surface area (Å²) in [5.41, 5.74) is 37.2. The van der Waals surface area contributed by atoms with E-state index in [1.54, 1.807) is 0 Å². The third kappa shape index (κ3) is 14.6. The number of nitrogens with two attached hydrogens (primary N) is 6. The number of aliphatic hydroxyl groups is 2. The molecule has 93 heavy (non-hydrogen) atoms. The number of aryl methyl sites for hydroxylation is 2. The third-order valence-electron chi connectivity index (χ3n) is 20.6. The molecule has 16 N–H and O–H groups in total. The number of carbonyl (C=O) groups excluding carboxylic acids is 7. The summed E-state index contributed by atoms with van der Waals surface area (Å²) in [6.45, 7) is 23.8. The van der Waals surface area contributed by atoms with Gasteiger partial charge in [0.05, 0.1) is 41.7 Å². The van der Waals surface area contributed by atoms with E-state index in [0.29, 0.717) is 56.4 Å². The average molecular weight is 1350 g/mol. The second-order valence-electron chi connectivity index (χ2n) is 27.1. The zero-order chi connectivity index (χ0) is 68.7. The van der Waals surface area contributed by atoms with Crippen LogP contribution in [0.3, 0.4) is 0 Å². The van der Waals surface area contributed by atoms with Crippen molar-refractivity contribution >= 4 is 77.3 Å². The van der Waals surface area contributed by atoms with Gasteiger partial charge in [-0.3, -0.25) is 53.1 Å². The topological polar surface area (TPSA) is 487 Å². The number of carbonyl (C=O) groups is 7. The molecule has 1 radical (unpaired) electrons. The molecule has 0 saturated carbocycles. The molecule has 1 unspecified atom stereocenters. The number of hydrogen-bond donors (Lipinski definition) is 10. The van der Waals surface area contributed by atoms with E-state index in [4.69, 9.17) is 75.0 Å². The van der Waals surface area contributed by atoms with Crippen molar-refractivity contribution in [3.63, 3.8) is 0 Å². The molecule has 6 aliphatic rings. The number of imidazole rings is 1. The van der Waals surface area contributed by atoms with Gasteiger partial charge in [0.15, 0.2) is 6.23 Å². The first kappa shape index (κ1) is 75.0. The fourth-order valence-electron chi connectivity index (χ4n) is 15.4. The van der Waals surface area contributed by atoms with Gasteiger partial charge in [-0.2, -0.15) is 0 Å². The Balaban J connectivity index is 0.00000453. The van der Waals surface area contributed by atoms with Gasteiger partial charge in [-0.05, 0) is 108 Å². The van der Waals surface area contributed by atoms with Gasteiger partial charge in [-0.15, -0.1) is 0 Å². The van der Waals surface area contributed by atoms with Gasteiger partial charge in [-0.25, -0.2) is 4.98 Å². The number of aliphatic imine (C=N–C) groups is 3. The summed E-state index contributed by atoms with van der Waals surface area (Å²) in [4.78, 5) is 128. The first-order valence-electron chi connectivity index (χ1n) is 30.8. The number of hydrogen-bond acceptors (Lipinski definition) is 20. The summed E-state index contributed by atoms with van der Waals surface area (Å²) in [6, 6.07) is 2.67. The van der Waals surface area contributed by atoms with Crippen LogP contribution in [0.5, 0.6) is 0 Å². The molecule has 0 aliphatic carbocycles. The Morgan fingerprint density at radius 1 is 0.828 bits per heavy atom. The fourth-order valence-corrected chi connectivity index (χ4v) is 16.6. The largest absolute Gasteiger partial charge is 2.00 e. The molecule has 6 aliphatic heterocycles. The van der Waals surface area contributed by atoms with E-state index in [2.05, 4.69) is 15.6 Å². The zero-order valence-corrected chi connectivity index (χ0v) is 56.4. The number of aliphatic hydroxyl groups excluding tert-OH is 2. The van der Waals surface area contributed by atoms with E-state index >= 15 is 0 Å². The van der Waals surface area contributed by atoms with E-state index in [0.717, 1.165) is 11.1 Å². The number of rotatable bonds is 26. The maximum atomic E-state index is 14.4. The number of ether oxygens (including phenoxy) is 1. The van der Waals surface area contributed by atoms with E-state index in [9.17, 15) is 53.2 Å². The molecule has 509 valence electrons. The Kier molecular flexibility index (Phi) is 23.0. The normalized spacial score (nSPS) is 33.1. The summed E-state index contributed by atoms with van der Waals surface area (Å²) in [7, 11) is -5.32. The Morgan fingerprint density at radius 2 is 1.41 bits per heavy atom. The van der Waals surface area contributed by atoms with Gasteiger partial charge >= 0.3 is 16.8 Å². The number of phosphoric ester groups is 1. The monoisotopic (exact) mass is 1350 g/mol. The minimum atomic E-state index is -5.32. The molecular weight excluding hydrogens is 1260 g/mol. The average Bonchev–Trinajstić information content (AvgIpc) is 1.53. The fraction of sp³-hybridized carbons (Fsp3) is 0.619. The maximum absolute atomic E-state index is 14.4. The van der Waals surface area contributed by atoms with Crippen molar-refractivity contribution in [1.82, 2.24) is 20.2 Å². The number of allylic oxidation sites excluding steroid dienone is 6. The van der Waals surface area contributed by atoms with Crippen molar-refractivity contribution in [3.8, 4) is 0 Å². The van der Waals surface area contributed by atoms with Crippen LogP contribution in [0.15, 0.2) is 67.8 Å². The van der Waals surface area contributed by atoms with Crippen molar-refractivity contribution < 1.29 is 83.8 Å². The molecule has 8 bridgehead atoms. The Bertz CT molecular complexity index is 3600. The van der Waals surface area contributed by atoms with E-state index in [1.807, 2.05) is 87.4 Å². The molecule has 15 atom stereocenters. The van der Waals surface area contributed by atoms with Gasteiger partial charge < -0.3 is 90.3 Å². The van der Waals surface area contributed by atoms with E-state index < -0.39 is 143 Å². The molecule has 28 nitrogen and oxygen atoms in total. The van der Waals surface area contributed by atoms with Crippen molar-refractivity contribution in [1.29, 1.82) is 5.26 Å². The number of nitrogens with one attached hydrogen (secondary N) is 2. The van der Waals surface area contributed by atoms with Crippen molar-refractivity contribution in [2.75, 3.05) is 13.2 Å². The van der Waals surface area contributed by atoms with Crippen LogP contribution >= 0.6 is 7.82 Å². The Hall–Kier alpha value is -7.00. The summed E-state index contributed by atoms with van der Waals surface area (Å²) in [5, 5.41) is 34.4. The van der Waals surface area contributed by atoms with Gasteiger partial charge in [0.1, 0.15) is 18.3 Å². The predicted octanol–water partition coefficient (Wildman–Crippen LogP) is 2.63. The van der Waals surface area contributed by atoms with Crippen molar-refractivity contribution in [2.45, 2.75) is 189 Å². The Labute approximate surface area is 551 Å². The molecule has 2 fully saturated rings. The molecule has 2 aromatic rings. The maximum Gasteiger partial charge on any atom is 2.00 e. The first-order chi connectivity index (χ1) is 42.8. The van der Waals surface area contributed by atoms with Crippen LogP contribution in [-0.2, 0) is 68.7 Å². The number of amides is 7. The van der Waals surface area contributed by atoms with Crippen LogP contribution < -0.4 is 49.9 Å². The second-order valence-corrected chi connectivity index (χ2v) is 28.4. The minimum Gasteiger partial charge on any atom is -0.756 e. The molecule has 30 heteroatoms. The summed E-state index contributed by atoms with van der Waals surface area (Å²) >= 11 is 0. The standard InChI is InChI=1S/C62H90N13O14P.CN.Co/c1-29-20-39-40(21-30(29)2)75(28-70-39)57-52(84)53(41(27-76)87-57)89-90(85,86)88-31(3)26-69-49(83)18-19-59(8)37(22-46(66)80)56-62(11)61(10,25-48(68)82)36(14-17-45(65)79)51(74-62)33(5)55-60(9,24-47(67)81)34(12-15-43(63)77)38(71-55)23-42-58(6,7)35(13-16-44(64)78)50(72-42)32(4)54(59)73-56;1-2;/h20-21,23,28,31,34-37,41,52-53,56-57,71,76,84H,12-19,22,24-27H2,1-11H3,(H2,63,77)(H2,64,78)(H2,65,79)(H2,66,80)(H2,67,81)(H2,68,82)(H,69,83)(H,85,86);;/q;-1;+2/p-1/b38-23-,50-32-,55-33-;;/t31-,34-,35-,36-,37+,41-,52-,53-,56-,57+,59-,60+,61+,62+;;/m1../s1/i;;1-2. The van der Waals surface area contributed by atoms with Crippen LogP contribution in [0.25, 0.3) is 11.0 Å². The third-order valence-corrected chi connectivity index (χ3v) is 21.7. The number of primary amides is 6. The molecule has 0 spiro atoms. The Morgan fingerprint density at radius 3 is 1.98 bits per heavy atom. The van der Waals surface area contributed by atoms with Crippen molar-refractivity contribution in [3.05, 3.63) is 70.5 Å². The molecule has 7 heterocycles. The van der Waals surface area contributed by atoms with E-state index in [-0.39, 0.29) is 94.0 Å². The van der Waals surface area contributed by atoms with Crippen LogP contribution in [0.4, 0.5) is 0 Å². The zero-order valence-electron chi connectivity index (χ0n) is 54.5. The SMILES string of the molecule is C/C1=C2N=C(/C=C3\N/C(=C(/C)C4=N[C@@](C)([C@@H]5N=C1[C@](C)(CCC(=O)NC[C@@H](C)OP(=O)([O-])O[C@H]1[C@@H](O)[C@@H](n6cnc7cc(C)c(C)cc76)O[C@@H]1CO)[C@H]5CC(N)=O)[C@@](C)(CC(N)=O)[C@@H]4CCC(N)=O)[C@@](C)(CC(N)=O)[C@@H]3CCC(N)=O)C(C)(C)[C@@H]/2CCC(N)=O.[57Co+2].[C-]#N. The molecule has 7 amide bonds. The van der Waals surface area contributed by atoms with E-state index in [1.165, 1.54) is 17.8 Å². The number of nitrogens with zero attached hydrogens (tertiary/aromatic N) is 6. The first-order valence-corrected chi connectivity index (χ1v) is 32.2. The smallest absolute Gasteiger partial charge is 0.756 e. The van der Waals surface area contributed by atoms with Crippen LogP contribution in [0.1, 0.15) is 150 Å². The van der Waals surface area contributed by atoms with Gasteiger partial charge in [0.2, 0.25) is 41.4 Å². The van der Waals surface area contributed by atoms with Gasteiger partial charge in [0, 0.05) is 131 Å². The number of benzene rings is 1. The molecule has 1 aromatic carbocycles.